The van der Waals surface area contributed by atoms with Crippen molar-refractivity contribution in [1.82, 2.24) is 14.5 Å². The largest absolute Gasteiger partial charge is 0.493 e. The number of aromatic nitrogens is 2. The highest BCUT2D eigenvalue weighted by molar-refractivity contribution is 5.94. The molecule has 0 bridgehead atoms. The van der Waals surface area contributed by atoms with Gasteiger partial charge in [0.15, 0.2) is 11.5 Å². The Morgan fingerprint density at radius 3 is 2.24 bits per heavy atom. The van der Waals surface area contributed by atoms with Gasteiger partial charge in [0.2, 0.25) is 0 Å². The van der Waals surface area contributed by atoms with Gasteiger partial charge in [0, 0.05) is 17.7 Å². The maximum atomic E-state index is 13.8. The van der Waals surface area contributed by atoms with Crippen LogP contribution in [0.1, 0.15) is 39.9 Å². The van der Waals surface area contributed by atoms with Gasteiger partial charge in [-0.2, -0.15) is 0 Å². The molecule has 1 aliphatic rings. The Balaban J connectivity index is 1.60. The lowest BCUT2D eigenvalue weighted by Gasteiger charge is -2.17. The number of nitrogens with zero attached hydrogens (tertiary/aromatic N) is 2. The number of carbonyl (C=O) groups excluding carboxylic acids is 1. The van der Waals surface area contributed by atoms with E-state index >= 15 is 0 Å². The van der Waals surface area contributed by atoms with E-state index in [1.54, 1.807) is 41.0 Å². The van der Waals surface area contributed by atoms with Crippen LogP contribution in [0.2, 0.25) is 0 Å². The normalized spacial score (nSPS) is 12.9. The van der Waals surface area contributed by atoms with Gasteiger partial charge in [-0.25, -0.2) is 4.79 Å². The Morgan fingerprint density at radius 2 is 1.59 bits per heavy atom. The average molecular weight is 500 g/mol. The van der Waals surface area contributed by atoms with E-state index in [-0.39, 0.29) is 25.0 Å². The third-order valence-corrected chi connectivity index (χ3v) is 6.79. The summed E-state index contributed by atoms with van der Waals surface area (Å²) in [6, 6.07) is 18.4. The number of carbonyl (C=O) groups is 1. The van der Waals surface area contributed by atoms with Crippen LogP contribution in [0.3, 0.4) is 0 Å². The second-order valence-corrected chi connectivity index (χ2v) is 9.36. The Labute approximate surface area is 214 Å². The zero-order valence-corrected chi connectivity index (χ0v) is 21.1. The molecule has 1 N–H and O–H groups in total. The standard InChI is InChI=1S/C29H29N3O5/c1-18-6-4-5-7-21(18)17-31-24-15-26(37-3)25(36-2)14-23(24)28(34)32(29(31)35)16-19-8-10-20(11-9-19)27(33)30-22-12-13-22/h4-11,14-15,22H,12-13,16-17H2,1-3H3,(H,30,33). The van der Waals surface area contributed by atoms with Crippen molar-refractivity contribution in [2.24, 2.45) is 0 Å². The number of methoxy groups -OCH3 is 2. The molecule has 190 valence electrons. The number of hydrogen-bond donors (Lipinski definition) is 1. The molecule has 0 aliphatic heterocycles. The minimum absolute atomic E-state index is 0.0697. The van der Waals surface area contributed by atoms with Crippen molar-refractivity contribution in [3.63, 3.8) is 0 Å². The van der Waals surface area contributed by atoms with E-state index in [0.29, 0.717) is 28.0 Å². The van der Waals surface area contributed by atoms with E-state index in [0.717, 1.165) is 29.5 Å². The number of fused-ring (bicyclic) bond motifs is 1. The lowest BCUT2D eigenvalue weighted by atomic mass is 10.1. The van der Waals surface area contributed by atoms with Crippen LogP contribution >= 0.6 is 0 Å². The highest BCUT2D eigenvalue weighted by Crippen LogP contribution is 2.30. The zero-order valence-electron chi connectivity index (χ0n) is 21.1. The summed E-state index contributed by atoms with van der Waals surface area (Å²) in [5.74, 6) is 0.731. The minimum atomic E-state index is -0.427. The van der Waals surface area contributed by atoms with E-state index in [4.69, 9.17) is 9.47 Å². The number of rotatable bonds is 8. The molecular formula is C29H29N3O5. The Bertz CT molecular complexity index is 1600. The molecule has 8 heteroatoms. The van der Waals surface area contributed by atoms with Gasteiger partial charge < -0.3 is 14.8 Å². The monoisotopic (exact) mass is 499 g/mol. The summed E-state index contributed by atoms with van der Waals surface area (Å²) in [5.41, 5.74) is 2.93. The van der Waals surface area contributed by atoms with Crippen LogP contribution in [0.4, 0.5) is 0 Å². The number of amides is 1. The van der Waals surface area contributed by atoms with Gasteiger partial charge in [0.25, 0.3) is 11.5 Å². The molecular weight excluding hydrogens is 470 g/mol. The van der Waals surface area contributed by atoms with E-state index in [2.05, 4.69) is 5.32 Å². The van der Waals surface area contributed by atoms with Crippen LogP contribution in [-0.2, 0) is 13.1 Å². The molecule has 1 fully saturated rings. The Kier molecular flexibility index (Phi) is 6.56. The summed E-state index contributed by atoms with van der Waals surface area (Å²) < 4.78 is 13.7. The lowest BCUT2D eigenvalue weighted by Crippen LogP contribution is -2.40. The first-order valence-corrected chi connectivity index (χ1v) is 12.2. The van der Waals surface area contributed by atoms with Crippen molar-refractivity contribution in [3.05, 3.63) is 104 Å². The van der Waals surface area contributed by atoms with E-state index in [1.165, 1.54) is 18.8 Å². The summed E-state index contributed by atoms with van der Waals surface area (Å²) in [6.45, 7) is 2.35. The van der Waals surface area contributed by atoms with Gasteiger partial charge in [-0.05, 0) is 54.7 Å². The smallest absolute Gasteiger partial charge is 0.332 e. The van der Waals surface area contributed by atoms with Crippen LogP contribution < -0.4 is 26.0 Å². The fraction of sp³-hybridized carbons (Fsp3) is 0.276. The van der Waals surface area contributed by atoms with Crippen molar-refractivity contribution in [3.8, 4) is 11.5 Å². The maximum Gasteiger partial charge on any atom is 0.332 e. The molecule has 3 aromatic carbocycles. The average Bonchev–Trinajstić information content (AvgIpc) is 3.73. The lowest BCUT2D eigenvalue weighted by molar-refractivity contribution is 0.0951. The van der Waals surface area contributed by atoms with Crippen molar-refractivity contribution in [1.29, 1.82) is 0 Å². The molecule has 1 amide bonds. The molecule has 0 atom stereocenters. The molecule has 1 aliphatic carbocycles. The first-order chi connectivity index (χ1) is 17.9. The summed E-state index contributed by atoms with van der Waals surface area (Å²) in [7, 11) is 3.02. The summed E-state index contributed by atoms with van der Waals surface area (Å²) in [5, 5.41) is 3.32. The van der Waals surface area contributed by atoms with Crippen LogP contribution in [0.15, 0.2) is 70.3 Å². The molecule has 1 saturated carbocycles. The number of aryl methyl sites for hydroxylation is 1. The maximum absolute atomic E-state index is 13.8. The fourth-order valence-electron chi connectivity index (χ4n) is 4.43. The minimum Gasteiger partial charge on any atom is -0.493 e. The molecule has 0 unspecified atom stereocenters. The topological polar surface area (TPSA) is 91.6 Å². The molecule has 8 nitrogen and oxygen atoms in total. The van der Waals surface area contributed by atoms with Crippen LogP contribution in [0.25, 0.3) is 10.9 Å². The van der Waals surface area contributed by atoms with Gasteiger partial charge in [-0.3, -0.25) is 18.7 Å². The van der Waals surface area contributed by atoms with Gasteiger partial charge in [-0.15, -0.1) is 0 Å². The van der Waals surface area contributed by atoms with Crippen molar-refractivity contribution >= 4 is 16.8 Å². The molecule has 0 radical (unpaired) electrons. The van der Waals surface area contributed by atoms with Gasteiger partial charge in [-0.1, -0.05) is 36.4 Å². The van der Waals surface area contributed by atoms with Gasteiger partial charge in [0.05, 0.1) is 38.2 Å². The van der Waals surface area contributed by atoms with Gasteiger partial charge in [0.1, 0.15) is 0 Å². The third kappa shape index (κ3) is 4.87. The SMILES string of the molecule is COc1cc2c(=O)n(Cc3ccc(C(=O)NC4CC4)cc3)c(=O)n(Cc3ccccc3C)c2cc1OC. The van der Waals surface area contributed by atoms with Crippen LogP contribution in [0.5, 0.6) is 11.5 Å². The molecule has 5 rings (SSSR count). The van der Waals surface area contributed by atoms with Crippen molar-refractivity contribution < 1.29 is 14.3 Å². The molecule has 0 spiro atoms. The van der Waals surface area contributed by atoms with E-state index in [1.807, 2.05) is 31.2 Å². The van der Waals surface area contributed by atoms with E-state index < -0.39 is 11.2 Å². The molecule has 1 heterocycles. The number of ether oxygens (including phenoxy) is 2. The second-order valence-electron chi connectivity index (χ2n) is 9.36. The predicted octanol–water partition coefficient (Wildman–Crippen LogP) is 3.48. The summed E-state index contributed by atoms with van der Waals surface area (Å²) in [6.07, 6.45) is 2.03. The van der Waals surface area contributed by atoms with Crippen molar-refractivity contribution in [2.75, 3.05) is 14.2 Å². The van der Waals surface area contributed by atoms with Crippen molar-refractivity contribution in [2.45, 2.75) is 38.9 Å². The molecule has 4 aromatic rings. The van der Waals surface area contributed by atoms with E-state index in [9.17, 15) is 14.4 Å². The predicted molar refractivity (Wildman–Crippen MR) is 142 cm³/mol. The highest BCUT2D eigenvalue weighted by Gasteiger charge is 2.24. The third-order valence-electron chi connectivity index (χ3n) is 6.79. The van der Waals surface area contributed by atoms with Crippen LogP contribution in [0, 0.1) is 6.92 Å². The quantitative estimate of drug-likeness (QED) is 0.401. The van der Waals surface area contributed by atoms with Gasteiger partial charge >= 0.3 is 5.69 Å². The Morgan fingerprint density at radius 1 is 0.919 bits per heavy atom. The molecule has 37 heavy (non-hydrogen) atoms. The first kappa shape index (κ1) is 24.4. The number of hydrogen-bond acceptors (Lipinski definition) is 5. The van der Waals surface area contributed by atoms with Crippen LogP contribution in [-0.4, -0.2) is 35.3 Å². The fourth-order valence-corrected chi connectivity index (χ4v) is 4.43. The first-order valence-electron chi connectivity index (χ1n) is 12.2. The number of benzene rings is 3. The molecule has 1 aromatic heterocycles. The summed E-state index contributed by atoms with van der Waals surface area (Å²) >= 11 is 0. The zero-order chi connectivity index (χ0) is 26.1. The molecule has 0 saturated heterocycles. The number of nitrogens with one attached hydrogen (secondary N) is 1. The highest BCUT2D eigenvalue weighted by atomic mass is 16.5. The summed E-state index contributed by atoms with van der Waals surface area (Å²) in [4.78, 5) is 39.7. The Hall–Kier alpha value is -4.33. The second kappa shape index (κ2) is 9.97.